The first kappa shape index (κ1) is 13.3. The number of aliphatic imine (C=N–C) groups is 1. The summed E-state index contributed by atoms with van der Waals surface area (Å²) in [6.45, 7) is 8.41. The summed E-state index contributed by atoms with van der Waals surface area (Å²) >= 11 is 0. The van der Waals surface area contributed by atoms with Crippen LogP contribution < -0.4 is 16.6 Å². The molecule has 0 amide bonds. The van der Waals surface area contributed by atoms with Crippen LogP contribution in [0, 0.1) is 0 Å². The van der Waals surface area contributed by atoms with Gasteiger partial charge in [-0.2, -0.15) is 0 Å². The zero-order valence-corrected chi connectivity index (χ0v) is 10.5. The lowest BCUT2D eigenvalue weighted by atomic mass is 10.2. The van der Waals surface area contributed by atoms with Crippen LogP contribution >= 0.6 is 0 Å². The van der Waals surface area contributed by atoms with Crippen molar-refractivity contribution in [2.45, 2.75) is 39.2 Å². The molecule has 1 saturated heterocycles. The third kappa shape index (κ3) is 3.98. The number of rotatable bonds is 5. The van der Waals surface area contributed by atoms with Gasteiger partial charge in [-0.05, 0) is 32.4 Å². The lowest BCUT2D eigenvalue weighted by Gasteiger charge is -2.21. The molecule has 1 heterocycles. The molecule has 0 bridgehead atoms. The van der Waals surface area contributed by atoms with Gasteiger partial charge in [0.15, 0.2) is 0 Å². The fourth-order valence-electron chi connectivity index (χ4n) is 2.11. The van der Waals surface area contributed by atoms with E-state index in [1.165, 1.54) is 19.4 Å². The van der Waals surface area contributed by atoms with Crippen molar-refractivity contribution in [2.75, 3.05) is 26.2 Å². The first-order valence-corrected chi connectivity index (χ1v) is 6.30. The summed E-state index contributed by atoms with van der Waals surface area (Å²) in [5, 5.41) is 3.17. The number of hydrogen-bond acceptors (Lipinski definition) is 3. The van der Waals surface area contributed by atoms with Crippen molar-refractivity contribution < 1.29 is 0 Å². The predicted molar refractivity (Wildman–Crippen MR) is 68.2 cm³/mol. The minimum absolute atomic E-state index is 0.594. The van der Waals surface area contributed by atoms with E-state index in [0.717, 1.165) is 26.1 Å². The molecule has 1 fully saturated rings. The summed E-state index contributed by atoms with van der Waals surface area (Å²) in [6, 6.07) is 0.594. The summed E-state index contributed by atoms with van der Waals surface area (Å²) in [4.78, 5) is 6.97. The van der Waals surface area contributed by atoms with Crippen LogP contribution in [0.1, 0.15) is 33.1 Å². The normalized spacial score (nSPS) is 22.4. The Balaban J connectivity index is 2.36. The smallest absolute Gasteiger partial charge is 0.205 e. The predicted octanol–water partition coefficient (Wildman–Crippen LogP) is 0.290. The second-order valence-electron chi connectivity index (χ2n) is 4.19. The molecule has 0 aromatic heterocycles. The number of likely N-dealkylation sites (N-methyl/N-ethyl adjacent to an activating group) is 1. The number of likely N-dealkylation sites (tertiary alicyclic amines) is 1. The Kier molecular flexibility index (Phi) is 6.18. The fourth-order valence-corrected chi connectivity index (χ4v) is 2.11. The topological polar surface area (TPSA) is 65.7 Å². The Labute approximate surface area is 98.4 Å². The fraction of sp³-hybridized carbons (Fsp3) is 0.909. The van der Waals surface area contributed by atoms with Crippen molar-refractivity contribution in [2.24, 2.45) is 10.8 Å². The maximum Gasteiger partial charge on any atom is 0.205 e. The van der Waals surface area contributed by atoms with Gasteiger partial charge >= 0.3 is 0 Å². The van der Waals surface area contributed by atoms with Crippen LogP contribution in [0.4, 0.5) is 0 Å². The summed E-state index contributed by atoms with van der Waals surface area (Å²) in [5.41, 5.74) is 2.61. The van der Waals surface area contributed by atoms with Gasteiger partial charge in [0.05, 0.1) is 6.54 Å². The molecule has 1 unspecified atom stereocenters. The van der Waals surface area contributed by atoms with Gasteiger partial charge in [0.1, 0.15) is 0 Å². The van der Waals surface area contributed by atoms with Crippen molar-refractivity contribution in [3.8, 4) is 0 Å². The van der Waals surface area contributed by atoms with Crippen LogP contribution in [0.2, 0.25) is 0 Å². The zero-order valence-electron chi connectivity index (χ0n) is 10.5. The lowest BCUT2D eigenvalue weighted by molar-refractivity contribution is 0.273. The van der Waals surface area contributed by atoms with Gasteiger partial charge < -0.3 is 5.32 Å². The number of nitrogens with zero attached hydrogens (tertiary/aromatic N) is 2. The third-order valence-corrected chi connectivity index (χ3v) is 3.04. The van der Waals surface area contributed by atoms with E-state index in [4.69, 9.17) is 5.84 Å². The van der Waals surface area contributed by atoms with Gasteiger partial charge in [0.2, 0.25) is 5.96 Å². The Morgan fingerprint density at radius 2 is 2.31 bits per heavy atom. The van der Waals surface area contributed by atoms with E-state index in [9.17, 15) is 0 Å². The summed E-state index contributed by atoms with van der Waals surface area (Å²) in [5.74, 6) is 6.12. The minimum atomic E-state index is 0.594. The maximum absolute atomic E-state index is 5.41. The van der Waals surface area contributed by atoms with E-state index < -0.39 is 0 Å². The highest BCUT2D eigenvalue weighted by atomic mass is 15.3. The standard InChI is InChI=1S/C11H25N5/c1-3-7-13-11(15-12)14-9-10-6-5-8-16(10)4-2/h10H,3-9,12H2,1-2H3,(H2,13,14,15). The average molecular weight is 227 g/mol. The first-order valence-electron chi connectivity index (χ1n) is 6.30. The molecule has 5 nitrogen and oxygen atoms in total. The molecule has 1 atom stereocenters. The van der Waals surface area contributed by atoms with Crippen molar-refractivity contribution in [1.82, 2.24) is 15.6 Å². The number of guanidine groups is 1. The van der Waals surface area contributed by atoms with Crippen LogP contribution in [-0.4, -0.2) is 43.1 Å². The van der Waals surface area contributed by atoms with Crippen LogP contribution in [0.15, 0.2) is 4.99 Å². The second kappa shape index (κ2) is 7.46. The lowest BCUT2D eigenvalue weighted by Crippen LogP contribution is -2.43. The van der Waals surface area contributed by atoms with Crippen LogP contribution in [-0.2, 0) is 0 Å². The Hall–Kier alpha value is -0.810. The van der Waals surface area contributed by atoms with Gasteiger partial charge in [-0.25, -0.2) is 5.84 Å². The highest BCUT2D eigenvalue weighted by Crippen LogP contribution is 2.16. The molecule has 4 N–H and O–H groups in total. The van der Waals surface area contributed by atoms with Crippen LogP contribution in [0.5, 0.6) is 0 Å². The highest BCUT2D eigenvalue weighted by molar-refractivity contribution is 5.79. The highest BCUT2D eigenvalue weighted by Gasteiger charge is 2.22. The van der Waals surface area contributed by atoms with Crippen molar-refractivity contribution >= 4 is 5.96 Å². The average Bonchev–Trinajstić information content (AvgIpc) is 2.77. The van der Waals surface area contributed by atoms with Crippen molar-refractivity contribution in [3.63, 3.8) is 0 Å². The number of nitrogens with two attached hydrogens (primary N) is 1. The molecule has 1 aliphatic rings. The van der Waals surface area contributed by atoms with Gasteiger partial charge in [-0.15, -0.1) is 0 Å². The van der Waals surface area contributed by atoms with Crippen LogP contribution in [0.25, 0.3) is 0 Å². The number of nitrogens with one attached hydrogen (secondary N) is 2. The third-order valence-electron chi connectivity index (χ3n) is 3.04. The molecular weight excluding hydrogens is 202 g/mol. The Morgan fingerprint density at radius 1 is 1.50 bits per heavy atom. The van der Waals surface area contributed by atoms with Gasteiger partial charge in [0, 0.05) is 12.6 Å². The molecule has 0 aromatic carbocycles. The maximum atomic E-state index is 5.41. The number of hydrazine groups is 1. The van der Waals surface area contributed by atoms with Gasteiger partial charge in [-0.3, -0.25) is 15.3 Å². The molecule has 1 rings (SSSR count). The monoisotopic (exact) mass is 227 g/mol. The summed E-state index contributed by atoms with van der Waals surface area (Å²) in [7, 11) is 0. The molecule has 0 saturated carbocycles. The zero-order chi connectivity index (χ0) is 11.8. The van der Waals surface area contributed by atoms with Crippen molar-refractivity contribution in [3.05, 3.63) is 0 Å². The first-order chi connectivity index (χ1) is 7.81. The largest absolute Gasteiger partial charge is 0.355 e. The van der Waals surface area contributed by atoms with E-state index in [0.29, 0.717) is 12.0 Å². The van der Waals surface area contributed by atoms with E-state index in [2.05, 4.69) is 34.5 Å². The summed E-state index contributed by atoms with van der Waals surface area (Å²) in [6.07, 6.45) is 3.62. The van der Waals surface area contributed by atoms with Gasteiger partial charge in [-0.1, -0.05) is 13.8 Å². The van der Waals surface area contributed by atoms with E-state index in [1.807, 2.05) is 0 Å². The Bertz CT molecular complexity index is 216. The summed E-state index contributed by atoms with van der Waals surface area (Å²) < 4.78 is 0. The van der Waals surface area contributed by atoms with Gasteiger partial charge in [0.25, 0.3) is 0 Å². The molecule has 0 spiro atoms. The van der Waals surface area contributed by atoms with Crippen LogP contribution in [0.3, 0.4) is 0 Å². The van der Waals surface area contributed by atoms with E-state index >= 15 is 0 Å². The van der Waals surface area contributed by atoms with E-state index in [-0.39, 0.29) is 0 Å². The van der Waals surface area contributed by atoms with Crippen molar-refractivity contribution in [1.29, 1.82) is 0 Å². The second-order valence-corrected chi connectivity index (χ2v) is 4.19. The number of hydrogen-bond donors (Lipinski definition) is 3. The SMILES string of the molecule is CCCNC(=NCC1CCCN1CC)NN. The minimum Gasteiger partial charge on any atom is -0.355 e. The molecule has 1 aliphatic heterocycles. The quantitative estimate of drug-likeness (QED) is 0.273. The molecule has 0 aliphatic carbocycles. The molecule has 94 valence electrons. The Morgan fingerprint density at radius 3 is 2.94 bits per heavy atom. The molecular formula is C11H25N5. The molecule has 0 radical (unpaired) electrons. The molecule has 0 aromatic rings. The molecule has 16 heavy (non-hydrogen) atoms. The van der Waals surface area contributed by atoms with E-state index in [1.54, 1.807) is 0 Å². The molecule has 5 heteroatoms.